The number of benzene rings is 4. The highest BCUT2D eigenvalue weighted by atomic mass is 35.5. The highest BCUT2D eigenvalue weighted by Gasteiger charge is 2.19. The minimum absolute atomic E-state index is 0.236. The van der Waals surface area contributed by atoms with Crippen LogP contribution in [0.3, 0.4) is 0 Å². The summed E-state index contributed by atoms with van der Waals surface area (Å²) in [6, 6.07) is 21.5. The van der Waals surface area contributed by atoms with Gasteiger partial charge in [0.25, 0.3) is 5.91 Å². The lowest BCUT2D eigenvalue weighted by Crippen LogP contribution is -2.31. The number of ether oxygens (including phenoxy) is 3. The minimum Gasteiger partial charge on any atom is -0.494 e. The number of fused-ring (bicyclic) bond motifs is 2. The van der Waals surface area contributed by atoms with Crippen LogP contribution < -0.4 is 20.5 Å². The minimum atomic E-state index is -0.532. The first-order valence-electron chi connectivity index (χ1n) is 20.3. The van der Waals surface area contributed by atoms with Gasteiger partial charge in [0.15, 0.2) is 0 Å². The van der Waals surface area contributed by atoms with E-state index >= 15 is 0 Å². The summed E-state index contributed by atoms with van der Waals surface area (Å²) in [5, 5.41) is 21.6. The van der Waals surface area contributed by atoms with Crippen LogP contribution in [-0.4, -0.2) is 128 Å². The maximum atomic E-state index is 12.5. The predicted molar refractivity (Wildman–Crippen MR) is 257 cm³/mol. The van der Waals surface area contributed by atoms with E-state index in [0.717, 1.165) is 61.6 Å². The molecule has 21 heteroatoms. The Morgan fingerprint density at radius 2 is 1.17 bits per heavy atom. The highest BCUT2D eigenvalue weighted by Crippen LogP contribution is 2.33. The molecule has 4 heterocycles. The number of hydrogen-bond donors (Lipinski definition) is 2. The number of aromatic nitrogens is 6. The van der Waals surface area contributed by atoms with Crippen molar-refractivity contribution in [3.8, 4) is 34.4 Å². The van der Waals surface area contributed by atoms with Crippen LogP contribution in [0, 0.1) is 0 Å². The molecule has 4 aromatic heterocycles. The molecule has 8 aromatic rings. The number of thiazole rings is 2. The summed E-state index contributed by atoms with van der Waals surface area (Å²) in [4.78, 5) is 37.6. The number of carbonyl (C=O) groups is 2. The Hall–Kier alpha value is -6.06. The van der Waals surface area contributed by atoms with Crippen LogP contribution in [0.1, 0.15) is 42.5 Å². The molecule has 0 aliphatic rings. The van der Waals surface area contributed by atoms with Crippen molar-refractivity contribution >= 4 is 78.2 Å². The van der Waals surface area contributed by atoms with Crippen LogP contribution in [0.4, 0.5) is 0 Å². The average molecular weight is 976 g/mol. The molecule has 0 atom stereocenters. The Morgan fingerprint density at radius 1 is 0.682 bits per heavy atom. The Bertz CT molecular complexity index is 2900. The molecule has 4 aromatic carbocycles. The fourth-order valence-corrected chi connectivity index (χ4v) is 8.41. The number of esters is 1. The summed E-state index contributed by atoms with van der Waals surface area (Å²) in [6.07, 6.45) is 0.800. The van der Waals surface area contributed by atoms with Gasteiger partial charge in [0.1, 0.15) is 32.5 Å². The van der Waals surface area contributed by atoms with Crippen molar-refractivity contribution in [2.75, 3.05) is 75.7 Å². The van der Waals surface area contributed by atoms with E-state index in [2.05, 4.69) is 40.6 Å². The van der Waals surface area contributed by atoms with Crippen LogP contribution in [0.2, 0.25) is 10.0 Å². The second-order valence-corrected chi connectivity index (χ2v) is 17.8. The van der Waals surface area contributed by atoms with Crippen LogP contribution >= 0.6 is 45.9 Å². The molecule has 3 N–H and O–H groups in total. The van der Waals surface area contributed by atoms with Gasteiger partial charge in [-0.15, -0.1) is 43.1 Å². The van der Waals surface area contributed by atoms with E-state index in [4.69, 9.17) is 52.0 Å². The Kier molecular flexibility index (Phi) is 17.5. The summed E-state index contributed by atoms with van der Waals surface area (Å²) >= 11 is 15.4. The van der Waals surface area contributed by atoms with E-state index in [-0.39, 0.29) is 17.4 Å². The number of hydrogen-bond acceptors (Lipinski definition) is 18. The number of nitrogens with zero attached hydrogens (tertiary/aromatic N) is 8. The van der Waals surface area contributed by atoms with Gasteiger partial charge in [0, 0.05) is 37.3 Å². The first-order chi connectivity index (χ1) is 31.8. The van der Waals surface area contributed by atoms with Crippen LogP contribution in [-0.2, 0) is 17.6 Å². The third-order valence-electron chi connectivity index (χ3n) is 9.33. The number of amides is 1. The zero-order valence-electron chi connectivity index (χ0n) is 37.3. The molecule has 8 rings (SSSR count). The second kappa shape index (κ2) is 23.4. The van der Waals surface area contributed by atoms with Gasteiger partial charge in [-0.1, -0.05) is 35.3 Å². The van der Waals surface area contributed by atoms with E-state index in [9.17, 15) is 9.59 Å². The van der Waals surface area contributed by atoms with E-state index in [1.165, 1.54) is 7.11 Å². The molecule has 1 amide bonds. The number of halogens is 2. The number of carbonyl (C=O) groups excluding carboxylic acids is 2. The lowest BCUT2D eigenvalue weighted by atomic mass is 10.1. The molecule has 17 nitrogen and oxygen atoms in total. The molecule has 0 unspecified atom stereocenters. The third-order valence-corrected chi connectivity index (χ3v) is 12.0. The average Bonchev–Trinajstić information content (AvgIpc) is 4.14. The van der Waals surface area contributed by atoms with Gasteiger partial charge in [-0.2, -0.15) is 0 Å². The van der Waals surface area contributed by atoms with Crippen molar-refractivity contribution in [3.05, 3.63) is 116 Å². The van der Waals surface area contributed by atoms with Gasteiger partial charge in [0.2, 0.25) is 23.6 Å². The van der Waals surface area contributed by atoms with Gasteiger partial charge < -0.3 is 43.9 Å². The highest BCUT2D eigenvalue weighted by molar-refractivity contribution is 7.19. The topological polar surface area (TPSA) is 210 Å². The number of para-hydroxylation sites is 2. The second-order valence-electron chi connectivity index (χ2n) is 14.7. The van der Waals surface area contributed by atoms with Crippen molar-refractivity contribution in [3.63, 3.8) is 0 Å². The number of likely N-dealkylation sites (N-methyl/N-ethyl adjacent to an activating group) is 2. The standard InChI is InChI=1S/C22H22ClN5O3S.C19H14ClN3O4S.C4H12N2/c1-28(2)10-9-24-21(29)14-11-13(7-8-15(14)23)22-27-26-18(31-22)12-19-25-20-16(30-3)5-4-6-17(20)32-19;1-25-13-4-3-5-14-17(13)21-16(28-14)9-15-22-23-18(27-15)10-6-7-12(20)11(8-10)19(24)26-2;1-6(2)4-3-5/h4-8,11H,9-10,12H2,1-3H3,(H,24,29);3-8H,9H2,1-2H3;3-5H2,1-2H3. The molecule has 0 radical (unpaired) electrons. The van der Waals surface area contributed by atoms with E-state index < -0.39 is 5.97 Å². The molecule has 346 valence electrons. The summed E-state index contributed by atoms with van der Waals surface area (Å²) in [5.74, 6) is 2.13. The van der Waals surface area contributed by atoms with Crippen molar-refractivity contribution in [1.82, 2.24) is 45.5 Å². The fraction of sp³-hybridized carbons (Fsp3) is 0.289. The largest absolute Gasteiger partial charge is 0.494 e. The molecule has 0 aliphatic carbocycles. The SMILES string of the molecule is CN(C)CCN.COC(=O)c1cc(-c2nnc(Cc3nc4c(OC)cccc4s3)o2)ccc1Cl.COc1cccc2sc(Cc3nnc(-c4ccc(Cl)c(C(=O)NCCN(C)C)c4)o3)nc12. The van der Waals surface area contributed by atoms with Crippen molar-refractivity contribution in [2.24, 2.45) is 5.73 Å². The van der Waals surface area contributed by atoms with Gasteiger partial charge >= 0.3 is 5.97 Å². The third kappa shape index (κ3) is 12.8. The van der Waals surface area contributed by atoms with Crippen molar-refractivity contribution < 1.29 is 32.6 Å². The van der Waals surface area contributed by atoms with Crippen molar-refractivity contribution in [1.29, 1.82) is 0 Å². The number of nitrogens with one attached hydrogen (secondary N) is 1. The molecule has 0 aliphatic heterocycles. The maximum absolute atomic E-state index is 12.5. The first-order valence-corrected chi connectivity index (χ1v) is 22.6. The summed E-state index contributed by atoms with van der Waals surface area (Å²) in [7, 11) is 12.4. The van der Waals surface area contributed by atoms with Crippen molar-refractivity contribution in [2.45, 2.75) is 12.8 Å². The number of nitrogens with two attached hydrogens (primary N) is 1. The zero-order chi connectivity index (χ0) is 47.3. The quantitative estimate of drug-likeness (QED) is 0.0940. The Morgan fingerprint density at radius 3 is 1.61 bits per heavy atom. The van der Waals surface area contributed by atoms with Gasteiger partial charge in [-0.05, 0) is 88.9 Å². The van der Waals surface area contributed by atoms with E-state index in [1.54, 1.807) is 73.3 Å². The molecular formula is C45H48Cl2N10O7S2. The van der Waals surface area contributed by atoms with Gasteiger partial charge in [0.05, 0.1) is 64.7 Å². The molecule has 0 saturated carbocycles. The Labute approximate surface area is 398 Å². The van der Waals surface area contributed by atoms with E-state index in [1.807, 2.05) is 69.5 Å². The van der Waals surface area contributed by atoms with Crippen LogP contribution in [0.5, 0.6) is 11.5 Å². The molecule has 0 fully saturated rings. The van der Waals surface area contributed by atoms with Crippen LogP contribution in [0.15, 0.2) is 81.6 Å². The zero-order valence-corrected chi connectivity index (χ0v) is 40.4. The smallest absolute Gasteiger partial charge is 0.339 e. The summed E-state index contributed by atoms with van der Waals surface area (Å²) in [5.41, 5.74) is 8.61. The first kappa shape index (κ1) is 49.4. The molecule has 0 bridgehead atoms. The Balaban J connectivity index is 0.000000196. The lowest BCUT2D eigenvalue weighted by Gasteiger charge is -2.11. The normalized spacial score (nSPS) is 11.0. The summed E-state index contributed by atoms with van der Waals surface area (Å²) < 4.78 is 29.1. The number of methoxy groups -OCH3 is 3. The maximum Gasteiger partial charge on any atom is 0.339 e. The monoisotopic (exact) mass is 974 g/mol. The molecule has 66 heavy (non-hydrogen) atoms. The molecule has 0 spiro atoms. The van der Waals surface area contributed by atoms with E-state index in [0.29, 0.717) is 63.8 Å². The van der Waals surface area contributed by atoms with Gasteiger partial charge in [-0.3, -0.25) is 4.79 Å². The number of rotatable bonds is 15. The molecule has 0 saturated heterocycles. The van der Waals surface area contributed by atoms with Gasteiger partial charge in [-0.25, -0.2) is 14.8 Å². The molecular weight excluding hydrogens is 928 g/mol. The fourth-order valence-electron chi connectivity index (χ4n) is 6.06. The predicted octanol–water partition coefficient (Wildman–Crippen LogP) is 7.78. The summed E-state index contributed by atoms with van der Waals surface area (Å²) in [6.45, 7) is 2.99. The van der Waals surface area contributed by atoms with Crippen LogP contribution in [0.25, 0.3) is 43.3 Å². The lowest BCUT2D eigenvalue weighted by molar-refractivity contribution is 0.0600.